The summed E-state index contributed by atoms with van der Waals surface area (Å²) in [5, 5.41) is 9.09. The van der Waals surface area contributed by atoms with Crippen LogP contribution in [0.15, 0.2) is 0 Å². The van der Waals surface area contributed by atoms with E-state index in [2.05, 4.69) is 32.6 Å². The molecule has 1 rings (SSSR count). The summed E-state index contributed by atoms with van der Waals surface area (Å²) in [6.45, 7) is 10.4. The number of Topliss-reactive ketones (excluding diaryl/α,β-unsaturated/α-hetero) is 1. The average Bonchev–Trinajstić information content (AvgIpc) is 2.30. The van der Waals surface area contributed by atoms with Crippen molar-refractivity contribution in [1.82, 2.24) is 4.90 Å². The van der Waals surface area contributed by atoms with E-state index in [1.54, 1.807) is 0 Å². The Hall–Kier alpha value is -0.410. The van der Waals surface area contributed by atoms with Gasteiger partial charge in [-0.05, 0) is 38.5 Å². The van der Waals surface area contributed by atoms with Gasteiger partial charge in [0.05, 0.1) is 6.61 Å². The fourth-order valence-electron chi connectivity index (χ4n) is 2.90. The third-order valence-corrected chi connectivity index (χ3v) is 4.32. The van der Waals surface area contributed by atoms with Crippen LogP contribution in [0.5, 0.6) is 0 Å². The van der Waals surface area contributed by atoms with E-state index in [4.69, 9.17) is 5.11 Å². The van der Waals surface area contributed by atoms with Gasteiger partial charge in [0.25, 0.3) is 0 Å². The predicted octanol–water partition coefficient (Wildman–Crippen LogP) is 2.33. The van der Waals surface area contributed by atoms with Gasteiger partial charge in [-0.25, -0.2) is 0 Å². The van der Waals surface area contributed by atoms with Gasteiger partial charge >= 0.3 is 0 Å². The van der Waals surface area contributed by atoms with Gasteiger partial charge in [0, 0.05) is 31.5 Å². The van der Waals surface area contributed by atoms with Gasteiger partial charge in [-0.1, -0.05) is 13.8 Å². The molecule has 0 aromatic carbocycles. The highest BCUT2D eigenvalue weighted by Gasteiger charge is 2.31. The minimum absolute atomic E-state index is 0.173. The summed E-state index contributed by atoms with van der Waals surface area (Å²) in [5.41, 5.74) is 0. The molecule has 0 bridgehead atoms. The third-order valence-electron chi connectivity index (χ3n) is 4.32. The molecule has 0 saturated heterocycles. The second-order valence-electron chi connectivity index (χ2n) is 6.25. The largest absolute Gasteiger partial charge is 0.395 e. The molecule has 3 nitrogen and oxygen atoms in total. The number of aliphatic hydroxyl groups excluding tert-OH is 1. The molecular weight excluding hydrogens is 226 g/mol. The van der Waals surface area contributed by atoms with Crippen LogP contribution < -0.4 is 0 Å². The van der Waals surface area contributed by atoms with Crippen molar-refractivity contribution < 1.29 is 9.90 Å². The Balaban J connectivity index is 2.59. The van der Waals surface area contributed by atoms with E-state index in [0.717, 1.165) is 25.8 Å². The first kappa shape index (κ1) is 15.6. The lowest BCUT2D eigenvalue weighted by molar-refractivity contribution is -0.127. The zero-order valence-corrected chi connectivity index (χ0v) is 12.4. The second-order valence-corrected chi connectivity index (χ2v) is 6.25. The summed E-state index contributed by atoms with van der Waals surface area (Å²) < 4.78 is 0. The zero-order chi connectivity index (χ0) is 13.7. The van der Waals surface area contributed by atoms with Gasteiger partial charge in [-0.3, -0.25) is 9.69 Å². The molecule has 1 aliphatic rings. The second kappa shape index (κ2) is 7.25. The van der Waals surface area contributed by atoms with Gasteiger partial charge in [0.2, 0.25) is 0 Å². The molecule has 1 N–H and O–H groups in total. The van der Waals surface area contributed by atoms with Crippen LogP contribution in [0.1, 0.15) is 47.0 Å². The number of carbonyl (C=O) groups excluding carboxylic acids is 1. The van der Waals surface area contributed by atoms with E-state index in [1.165, 1.54) is 0 Å². The summed E-state index contributed by atoms with van der Waals surface area (Å²) in [7, 11) is 0. The van der Waals surface area contributed by atoms with Crippen molar-refractivity contribution in [2.75, 3.05) is 19.7 Å². The molecule has 18 heavy (non-hydrogen) atoms. The fourth-order valence-corrected chi connectivity index (χ4v) is 2.90. The first-order valence-electron chi connectivity index (χ1n) is 7.33. The van der Waals surface area contributed by atoms with Crippen LogP contribution in [0.2, 0.25) is 0 Å². The van der Waals surface area contributed by atoms with Crippen LogP contribution in [0.25, 0.3) is 0 Å². The Morgan fingerprint density at radius 1 is 1.33 bits per heavy atom. The van der Waals surface area contributed by atoms with Crippen molar-refractivity contribution in [3.05, 3.63) is 0 Å². The van der Waals surface area contributed by atoms with Crippen molar-refractivity contribution >= 4 is 5.78 Å². The van der Waals surface area contributed by atoms with Crippen molar-refractivity contribution in [3.63, 3.8) is 0 Å². The molecule has 0 amide bonds. The van der Waals surface area contributed by atoms with Crippen molar-refractivity contribution in [2.24, 2.45) is 17.8 Å². The van der Waals surface area contributed by atoms with Crippen LogP contribution in [0.3, 0.4) is 0 Å². The number of nitrogens with zero attached hydrogens (tertiary/aromatic N) is 1. The Morgan fingerprint density at radius 3 is 2.50 bits per heavy atom. The van der Waals surface area contributed by atoms with Crippen LogP contribution in [0, 0.1) is 17.8 Å². The molecule has 0 radical (unpaired) electrons. The van der Waals surface area contributed by atoms with E-state index in [9.17, 15) is 4.79 Å². The number of rotatable bonds is 6. The Morgan fingerprint density at radius 2 is 2.00 bits per heavy atom. The van der Waals surface area contributed by atoms with Crippen LogP contribution in [-0.4, -0.2) is 41.5 Å². The molecule has 1 saturated carbocycles. The lowest BCUT2D eigenvalue weighted by atomic mass is 9.75. The number of hydrogen-bond acceptors (Lipinski definition) is 3. The monoisotopic (exact) mass is 255 g/mol. The minimum atomic E-state index is 0.173. The summed E-state index contributed by atoms with van der Waals surface area (Å²) >= 11 is 0. The van der Waals surface area contributed by atoms with E-state index in [1.807, 2.05) is 0 Å². The molecule has 0 aromatic rings. The molecule has 0 aliphatic heterocycles. The highest BCUT2D eigenvalue weighted by molar-refractivity contribution is 5.82. The molecule has 1 aliphatic carbocycles. The zero-order valence-electron chi connectivity index (χ0n) is 12.4. The van der Waals surface area contributed by atoms with Gasteiger partial charge in [0.1, 0.15) is 5.78 Å². The molecular formula is C15H29NO2. The van der Waals surface area contributed by atoms with Gasteiger partial charge in [0.15, 0.2) is 0 Å². The van der Waals surface area contributed by atoms with E-state index in [0.29, 0.717) is 30.2 Å². The maximum atomic E-state index is 12.0. The van der Waals surface area contributed by atoms with Gasteiger partial charge in [-0.2, -0.15) is 0 Å². The van der Waals surface area contributed by atoms with E-state index in [-0.39, 0.29) is 12.5 Å². The summed E-state index contributed by atoms with van der Waals surface area (Å²) in [4.78, 5) is 14.3. The first-order valence-corrected chi connectivity index (χ1v) is 7.33. The maximum absolute atomic E-state index is 12.0. The van der Waals surface area contributed by atoms with E-state index >= 15 is 0 Å². The smallest absolute Gasteiger partial charge is 0.137 e. The van der Waals surface area contributed by atoms with Crippen LogP contribution in [-0.2, 0) is 4.79 Å². The first-order chi connectivity index (χ1) is 8.45. The van der Waals surface area contributed by atoms with Crippen molar-refractivity contribution in [1.29, 1.82) is 0 Å². The summed E-state index contributed by atoms with van der Waals surface area (Å²) in [5.74, 6) is 1.97. The SMILES string of the molecule is CC(C)C1CCC(=O)C(CN(CCO)C(C)C)C1. The fraction of sp³-hybridized carbons (Fsp3) is 0.933. The van der Waals surface area contributed by atoms with E-state index < -0.39 is 0 Å². The molecule has 0 aromatic heterocycles. The Bertz CT molecular complexity index is 263. The lowest BCUT2D eigenvalue weighted by Crippen LogP contribution is -2.42. The molecule has 1 fully saturated rings. The summed E-state index contributed by atoms with van der Waals surface area (Å²) in [6, 6.07) is 0.393. The standard InChI is InChI=1S/C15H29NO2/c1-11(2)13-5-6-15(18)14(9-13)10-16(7-8-17)12(3)4/h11-14,17H,5-10H2,1-4H3. The predicted molar refractivity (Wildman–Crippen MR) is 74.5 cm³/mol. The van der Waals surface area contributed by atoms with Crippen molar-refractivity contribution in [2.45, 2.75) is 53.0 Å². The highest BCUT2D eigenvalue weighted by atomic mass is 16.3. The molecule has 0 spiro atoms. The number of carbonyl (C=O) groups is 1. The minimum Gasteiger partial charge on any atom is -0.395 e. The topological polar surface area (TPSA) is 40.5 Å². The lowest BCUT2D eigenvalue weighted by Gasteiger charge is -2.35. The molecule has 2 unspecified atom stereocenters. The molecule has 0 heterocycles. The third kappa shape index (κ3) is 4.36. The molecule has 2 atom stereocenters. The van der Waals surface area contributed by atoms with Gasteiger partial charge < -0.3 is 5.11 Å². The number of hydrogen-bond donors (Lipinski definition) is 1. The quantitative estimate of drug-likeness (QED) is 0.792. The van der Waals surface area contributed by atoms with Crippen molar-refractivity contribution in [3.8, 4) is 0 Å². The average molecular weight is 255 g/mol. The molecule has 3 heteroatoms. The maximum Gasteiger partial charge on any atom is 0.137 e. The molecule has 106 valence electrons. The van der Waals surface area contributed by atoms with Gasteiger partial charge in [-0.15, -0.1) is 0 Å². The summed E-state index contributed by atoms with van der Waals surface area (Å²) in [6.07, 6.45) is 2.85. The van der Waals surface area contributed by atoms with Crippen LogP contribution in [0.4, 0.5) is 0 Å². The number of ketones is 1. The Labute approximate surface area is 112 Å². The highest BCUT2D eigenvalue weighted by Crippen LogP contribution is 2.32. The number of aliphatic hydroxyl groups is 1. The normalized spacial score (nSPS) is 25.4. The van der Waals surface area contributed by atoms with Crippen LogP contribution >= 0.6 is 0 Å². The Kier molecular flexibility index (Phi) is 6.30.